The first-order valence-corrected chi connectivity index (χ1v) is 7.68. The summed E-state index contributed by atoms with van der Waals surface area (Å²) in [5.74, 6) is 1.40. The highest BCUT2D eigenvalue weighted by Gasteiger charge is 2.17. The molecule has 2 rings (SSSR count). The van der Waals surface area contributed by atoms with E-state index in [9.17, 15) is 4.79 Å². The Hall–Kier alpha value is -1.82. The predicted octanol–water partition coefficient (Wildman–Crippen LogP) is 3.02. The molecule has 23 heavy (non-hydrogen) atoms. The standard InChI is InChI=1S/C17H21ClN2O3/c1-20(2)14(17-5-4-8-23-17)10-19-11-15(21)12-6-7-16(22-3)13(18)9-12/h4-9,14,19H,10-11H2,1-3H3. The first-order valence-electron chi connectivity index (χ1n) is 7.30. The van der Waals surface area contributed by atoms with Crippen LogP contribution >= 0.6 is 11.6 Å². The van der Waals surface area contributed by atoms with Crippen LogP contribution in [0, 0.1) is 0 Å². The first kappa shape index (κ1) is 17.5. The van der Waals surface area contributed by atoms with Crippen molar-refractivity contribution in [1.82, 2.24) is 10.2 Å². The van der Waals surface area contributed by atoms with Crippen molar-refractivity contribution in [2.24, 2.45) is 0 Å². The predicted molar refractivity (Wildman–Crippen MR) is 90.3 cm³/mol. The Morgan fingerprint density at radius 2 is 2.17 bits per heavy atom. The zero-order valence-electron chi connectivity index (χ0n) is 13.5. The maximum Gasteiger partial charge on any atom is 0.176 e. The maximum atomic E-state index is 12.2. The summed E-state index contributed by atoms with van der Waals surface area (Å²) in [5, 5.41) is 3.61. The van der Waals surface area contributed by atoms with Crippen LogP contribution in [0.4, 0.5) is 0 Å². The van der Waals surface area contributed by atoms with Gasteiger partial charge >= 0.3 is 0 Å². The van der Waals surface area contributed by atoms with Gasteiger partial charge in [-0.3, -0.25) is 9.69 Å². The summed E-state index contributed by atoms with van der Waals surface area (Å²) >= 11 is 6.05. The number of nitrogens with zero attached hydrogens (tertiary/aromatic N) is 1. The number of rotatable bonds is 8. The first-order chi connectivity index (χ1) is 11.0. The summed E-state index contributed by atoms with van der Waals surface area (Å²) in [6, 6.07) is 8.89. The van der Waals surface area contributed by atoms with Gasteiger partial charge in [-0.25, -0.2) is 0 Å². The van der Waals surface area contributed by atoms with Gasteiger partial charge in [0, 0.05) is 12.1 Å². The van der Waals surface area contributed by atoms with Crippen molar-refractivity contribution in [3.63, 3.8) is 0 Å². The topological polar surface area (TPSA) is 54.7 Å². The monoisotopic (exact) mass is 336 g/mol. The summed E-state index contributed by atoms with van der Waals surface area (Å²) in [6.07, 6.45) is 1.65. The van der Waals surface area contributed by atoms with Crippen LogP contribution in [0.25, 0.3) is 0 Å². The Bertz CT molecular complexity index is 641. The van der Waals surface area contributed by atoms with Crippen LogP contribution in [0.2, 0.25) is 5.02 Å². The summed E-state index contributed by atoms with van der Waals surface area (Å²) < 4.78 is 10.5. The summed E-state index contributed by atoms with van der Waals surface area (Å²) in [7, 11) is 5.49. The molecule has 124 valence electrons. The summed E-state index contributed by atoms with van der Waals surface area (Å²) in [4.78, 5) is 14.3. The molecule has 1 unspecified atom stereocenters. The van der Waals surface area contributed by atoms with Gasteiger partial charge in [0.15, 0.2) is 5.78 Å². The molecule has 1 N–H and O–H groups in total. The fraction of sp³-hybridized carbons (Fsp3) is 0.353. The van der Waals surface area contributed by atoms with Crippen LogP contribution in [0.5, 0.6) is 5.75 Å². The second-order valence-electron chi connectivity index (χ2n) is 5.40. The highest BCUT2D eigenvalue weighted by atomic mass is 35.5. The lowest BCUT2D eigenvalue weighted by Gasteiger charge is -2.22. The minimum atomic E-state index is -0.0218. The minimum Gasteiger partial charge on any atom is -0.495 e. The molecule has 5 nitrogen and oxygen atoms in total. The van der Waals surface area contributed by atoms with E-state index in [1.54, 1.807) is 31.6 Å². The van der Waals surface area contributed by atoms with Crippen molar-refractivity contribution in [3.8, 4) is 5.75 Å². The van der Waals surface area contributed by atoms with Crippen LogP contribution < -0.4 is 10.1 Å². The van der Waals surface area contributed by atoms with Crippen molar-refractivity contribution in [2.75, 3.05) is 34.3 Å². The quantitative estimate of drug-likeness (QED) is 0.751. The second kappa shape index (κ2) is 8.15. The lowest BCUT2D eigenvalue weighted by atomic mass is 10.1. The number of methoxy groups -OCH3 is 1. The lowest BCUT2D eigenvalue weighted by molar-refractivity contribution is 0.0987. The van der Waals surface area contributed by atoms with E-state index in [2.05, 4.69) is 5.32 Å². The molecule has 0 saturated heterocycles. The number of ketones is 1. The number of likely N-dealkylation sites (N-methyl/N-ethyl adjacent to an activating group) is 1. The van der Waals surface area contributed by atoms with E-state index in [4.69, 9.17) is 20.8 Å². The summed E-state index contributed by atoms with van der Waals surface area (Å²) in [6.45, 7) is 0.837. The molecule has 0 aliphatic rings. The maximum absolute atomic E-state index is 12.2. The number of carbonyl (C=O) groups is 1. The molecule has 1 aromatic heterocycles. The third kappa shape index (κ3) is 4.58. The number of hydrogen-bond donors (Lipinski definition) is 1. The van der Waals surface area contributed by atoms with E-state index in [1.807, 2.05) is 31.1 Å². The van der Waals surface area contributed by atoms with Gasteiger partial charge in [0.2, 0.25) is 0 Å². The molecule has 0 saturated carbocycles. The second-order valence-corrected chi connectivity index (χ2v) is 5.81. The molecule has 1 heterocycles. The molecule has 2 aromatic rings. The Balaban J connectivity index is 1.92. The average molecular weight is 337 g/mol. The number of ether oxygens (including phenoxy) is 1. The van der Waals surface area contributed by atoms with Crippen molar-refractivity contribution in [3.05, 3.63) is 52.9 Å². The molecule has 1 atom stereocenters. The number of benzene rings is 1. The van der Waals surface area contributed by atoms with Gasteiger partial charge in [0.05, 0.1) is 31.0 Å². The van der Waals surface area contributed by atoms with Crippen LogP contribution in [0.15, 0.2) is 41.0 Å². The molecule has 0 bridgehead atoms. The number of carbonyl (C=O) groups excluding carboxylic acids is 1. The number of hydrogen-bond acceptors (Lipinski definition) is 5. The molecule has 0 aliphatic carbocycles. The van der Waals surface area contributed by atoms with Gasteiger partial charge in [0.25, 0.3) is 0 Å². The third-order valence-corrected chi connectivity index (χ3v) is 3.89. The van der Waals surface area contributed by atoms with Crippen molar-refractivity contribution in [2.45, 2.75) is 6.04 Å². The van der Waals surface area contributed by atoms with Crippen LogP contribution in [0.3, 0.4) is 0 Å². The highest BCUT2D eigenvalue weighted by Crippen LogP contribution is 2.25. The molecule has 0 radical (unpaired) electrons. The van der Waals surface area contributed by atoms with Crippen molar-refractivity contribution < 1.29 is 13.9 Å². The van der Waals surface area contributed by atoms with Gasteiger partial charge < -0.3 is 14.5 Å². The molecule has 0 fully saturated rings. The number of furan rings is 1. The third-order valence-electron chi connectivity index (χ3n) is 3.59. The summed E-state index contributed by atoms with van der Waals surface area (Å²) in [5.41, 5.74) is 0.558. The Labute approximate surface area is 141 Å². The SMILES string of the molecule is COc1ccc(C(=O)CNCC(c2ccco2)N(C)C)cc1Cl. The van der Waals surface area contributed by atoms with E-state index < -0.39 is 0 Å². The van der Waals surface area contributed by atoms with Crippen molar-refractivity contribution in [1.29, 1.82) is 0 Å². The van der Waals surface area contributed by atoms with Gasteiger partial charge in [-0.1, -0.05) is 11.6 Å². The fourth-order valence-electron chi connectivity index (χ4n) is 2.28. The van der Waals surface area contributed by atoms with Crippen molar-refractivity contribution >= 4 is 17.4 Å². The van der Waals surface area contributed by atoms with Gasteiger partial charge in [-0.2, -0.15) is 0 Å². The Morgan fingerprint density at radius 3 is 2.74 bits per heavy atom. The van der Waals surface area contributed by atoms with E-state index in [0.29, 0.717) is 22.9 Å². The number of nitrogens with one attached hydrogen (secondary N) is 1. The normalized spacial score (nSPS) is 12.4. The van der Waals surface area contributed by atoms with E-state index in [0.717, 1.165) is 5.76 Å². The molecular formula is C17H21ClN2O3. The van der Waals surface area contributed by atoms with Gasteiger partial charge in [-0.15, -0.1) is 0 Å². The van der Waals surface area contributed by atoms with Crippen LogP contribution in [-0.2, 0) is 0 Å². The number of halogens is 1. The molecule has 0 amide bonds. The molecule has 1 aromatic carbocycles. The van der Waals surface area contributed by atoms with Crippen LogP contribution in [-0.4, -0.2) is 45.0 Å². The average Bonchev–Trinajstić information content (AvgIpc) is 3.04. The van der Waals surface area contributed by atoms with E-state index in [1.165, 1.54) is 0 Å². The lowest BCUT2D eigenvalue weighted by Crippen LogP contribution is -2.33. The molecule has 0 spiro atoms. The zero-order chi connectivity index (χ0) is 16.8. The highest BCUT2D eigenvalue weighted by molar-refractivity contribution is 6.32. The number of Topliss-reactive ketones (excluding diaryl/α,β-unsaturated/α-hetero) is 1. The molecule has 0 aliphatic heterocycles. The Kier molecular flexibility index (Phi) is 6.21. The van der Waals surface area contributed by atoms with E-state index >= 15 is 0 Å². The van der Waals surface area contributed by atoms with Crippen LogP contribution in [0.1, 0.15) is 22.2 Å². The largest absolute Gasteiger partial charge is 0.495 e. The minimum absolute atomic E-state index is 0.0218. The zero-order valence-corrected chi connectivity index (χ0v) is 14.3. The fourth-order valence-corrected chi connectivity index (χ4v) is 2.54. The molecular weight excluding hydrogens is 316 g/mol. The Morgan fingerprint density at radius 1 is 1.39 bits per heavy atom. The van der Waals surface area contributed by atoms with Gasteiger partial charge in [-0.05, 0) is 44.4 Å². The smallest absolute Gasteiger partial charge is 0.176 e. The molecule has 6 heteroatoms. The van der Waals surface area contributed by atoms with Gasteiger partial charge in [0.1, 0.15) is 11.5 Å². The van der Waals surface area contributed by atoms with E-state index in [-0.39, 0.29) is 18.4 Å².